The highest BCUT2D eigenvalue weighted by Gasteiger charge is 2.44. The fourth-order valence-corrected chi connectivity index (χ4v) is 4.69. The first-order chi connectivity index (χ1) is 16.5. The lowest BCUT2D eigenvalue weighted by molar-refractivity contribution is -0.139. The molecule has 1 heterocycles. The summed E-state index contributed by atoms with van der Waals surface area (Å²) in [7, 11) is -2.76. The van der Waals surface area contributed by atoms with E-state index in [9.17, 15) is 27.8 Å². The van der Waals surface area contributed by atoms with Crippen molar-refractivity contribution in [1.82, 2.24) is 0 Å². The van der Waals surface area contributed by atoms with Crippen LogP contribution in [-0.4, -0.2) is 39.1 Å². The number of carbonyl (C=O) groups is 2. The zero-order chi connectivity index (χ0) is 26.1. The van der Waals surface area contributed by atoms with Crippen LogP contribution in [0.4, 0.5) is 5.69 Å². The molecule has 1 aliphatic heterocycles. The maximum Gasteiger partial charge on any atom is 0.355 e. The molecule has 1 atom stereocenters. The molecule has 0 radical (unpaired) electrons. The largest absolute Gasteiger partial charge is 0.466 e. The first-order valence-corrected chi connectivity index (χ1v) is 11.7. The first kappa shape index (κ1) is 25.8. The zero-order valence-corrected chi connectivity index (χ0v) is 20.3. The predicted molar refractivity (Wildman–Crippen MR) is 126 cm³/mol. The van der Waals surface area contributed by atoms with E-state index in [4.69, 9.17) is 26.8 Å². The van der Waals surface area contributed by atoms with Crippen LogP contribution in [0.3, 0.4) is 0 Å². The highest BCUT2D eigenvalue weighted by atomic mass is 35.5. The van der Waals surface area contributed by atoms with E-state index < -0.39 is 38.6 Å². The van der Waals surface area contributed by atoms with Gasteiger partial charge in [-0.1, -0.05) is 41.9 Å². The third kappa shape index (κ3) is 4.59. The van der Waals surface area contributed by atoms with Gasteiger partial charge in [-0.05, 0) is 30.2 Å². The number of halogens is 1. The molecule has 3 rings (SSSR count). The van der Waals surface area contributed by atoms with E-state index >= 15 is 0 Å². The Morgan fingerprint density at radius 1 is 1.14 bits per heavy atom. The van der Waals surface area contributed by atoms with Crippen LogP contribution in [0, 0.1) is 18.3 Å². The Morgan fingerprint density at radius 2 is 1.74 bits per heavy atom. The molecule has 12 heteroatoms. The van der Waals surface area contributed by atoms with Crippen LogP contribution < -0.4 is 10.6 Å². The fraction of sp³-hybridized carbons (Fsp3) is 0.174. The molecule has 0 aromatic heterocycles. The molecule has 0 spiro atoms. The molecule has 0 saturated carbocycles. The molecular weight excluding hydrogens is 498 g/mol. The summed E-state index contributed by atoms with van der Waals surface area (Å²) >= 11 is 6.24. The number of ether oxygens (including phenoxy) is 2. The van der Waals surface area contributed by atoms with Crippen molar-refractivity contribution in [3.05, 3.63) is 81.3 Å². The van der Waals surface area contributed by atoms with Crippen LogP contribution in [0.1, 0.15) is 17.0 Å². The molecular formula is C23H20ClN3O7S. The molecule has 2 aromatic rings. The third-order valence-electron chi connectivity index (χ3n) is 5.37. The predicted octanol–water partition coefficient (Wildman–Crippen LogP) is 2.79. The second-order valence-corrected chi connectivity index (χ2v) is 9.18. The number of nitrogens with two attached hydrogens (primary N) is 1. The number of carbonyl (C=O) groups excluding carboxylic acids is 2. The standard InChI is InChI=1S/C23H20ClN3O7S/c1-12-9-17(35(30,31)32)16(10-15(12)24)27-20(23(29)34-3)19(22(28)33-2)18(14(11-25)21(27)26)13-7-5-4-6-8-13/h4-10,18H,26H2,1-3H3,(H,30,31,32). The van der Waals surface area contributed by atoms with Gasteiger partial charge in [0.25, 0.3) is 10.1 Å². The van der Waals surface area contributed by atoms with E-state index in [0.29, 0.717) is 11.1 Å². The smallest absolute Gasteiger partial charge is 0.355 e. The lowest BCUT2D eigenvalue weighted by atomic mass is 9.81. The molecule has 0 bridgehead atoms. The van der Waals surface area contributed by atoms with Gasteiger partial charge >= 0.3 is 11.9 Å². The molecule has 10 nitrogen and oxygen atoms in total. The van der Waals surface area contributed by atoms with E-state index in [0.717, 1.165) is 31.3 Å². The number of esters is 2. The zero-order valence-electron chi connectivity index (χ0n) is 18.8. The van der Waals surface area contributed by atoms with Gasteiger partial charge in [-0.15, -0.1) is 0 Å². The third-order valence-corrected chi connectivity index (χ3v) is 6.66. The number of rotatable bonds is 5. The first-order valence-electron chi connectivity index (χ1n) is 9.91. The van der Waals surface area contributed by atoms with Gasteiger partial charge in [0.05, 0.1) is 43.0 Å². The number of allylic oxidation sites excluding steroid dienone is 1. The Hall–Kier alpha value is -3.85. The molecule has 0 saturated heterocycles. The van der Waals surface area contributed by atoms with Crippen molar-refractivity contribution >= 4 is 39.3 Å². The minimum Gasteiger partial charge on any atom is -0.466 e. The fourth-order valence-electron chi connectivity index (χ4n) is 3.79. The Bertz CT molecular complexity index is 1430. The molecule has 1 aliphatic rings. The quantitative estimate of drug-likeness (QED) is 0.445. The average molecular weight is 518 g/mol. The number of hydrogen-bond donors (Lipinski definition) is 2. The van der Waals surface area contributed by atoms with Crippen LogP contribution in [-0.2, 0) is 29.2 Å². The van der Waals surface area contributed by atoms with Gasteiger partial charge in [-0.25, -0.2) is 9.59 Å². The summed E-state index contributed by atoms with van der Waals surface area (Å²) in [6.07, 6.45) is 0. The molecule has 0 aliphatic carbocycles. The number of benzene rings is 2. The Kier molecular flexibility index (Phi) is 7.21. The molecule has 1 unspecified atom stereocenters. The second kappa shape index (κ2) is 9.79. The summed E-state index contributed by atoms with van der Waals surface area (Å²) in [6.45, 7) is 1.50. The molecule has 3 N–H and O–H groups in total. The van der Waals surface area contributed by atoms with Crippen molar-refractivity contribution in [2.75, 3.05) is 19.1 Å². The molecule has 35 heavy (non-hydrogen) atoms. The van der Waals surface area contributed by atoms with Gasteiger partial charge in [-0.3, -0.25) is 9.45 Å². The minimum absolute atomic E-state index is 0.0627. The number of anilines is 1. The average Bonchev–Trinajstić information content (AvgIpc) is 2.83. The number of nitriles is 1. The van der Waals surface area contributed by atoms with Crippen molar-refractivity contribution in [3.63, 3.8) is 0 Å². The maximum absolute atomic E-state index is 13.1. The van der Waals surface area contributed by atoms with E-state index in [-0.39, 0.29) is 27.7 Å². The summed E-state index contributed by atoms with van der Waals surface area (Å²) in [5.41, 5.74) is 5.70. The summed E-state index contributed by atoms with van der Waals surface area (Å²) in [4.78, 5) is 26.3. The van der Waals surface area contributed by atoms with Gasteiger partial charge in [0, 0.05) is 5.02 Å². The number of aryl methyl sites for hydroxylation is 1. The van der Waals surface area contributed by atoms with E-state index in [1.54, 1.807) is 30.3 Å². The lowest BCUT2D eigenvalue weighted by Gasteiger charge is -2.36. The molecule has 2 aromatic carbocycles. The monoisotopic (exact) mass is 517 g/mol. The van der Waals surface area contributed by atoms with Crippen LogP contribution in [0.2, 0.25) is 5.02 Å². The van der Waals surface area contributed by atoms with Gasteiger partial charge in [0.15, 0.2) is 0 Å². The van der Waals surface area contributed by atoms with Crippen molar-refractivity contribution in [3.8, 4) is 6.07 Å². The SMILES string of the molecule is COC(=O)C1=C(C(=O)OC)N(c2cc(Cl)c(C)cc2S(=O)(=O)O)C(N)=C(C#N)C1c1ccccc1. The van der Waals surface area contributed by atoms with Crippen LogP contribution >= 0.6 is 11.6 Å². The van der Waals surface area contributed by atoms with Gasteiger partial charge in [0.1, 0.15) is 16.4 Å². The van der Waals surface area contributed by atoms with Crippen LogP contribution in [0.25, 0.3) is 0 Å². The molecule has 182 valence electrons. The Labute approximate surface area is 206 Å². The van der Waals surface area contributed by atoms with Crippen molar-refractivity contribution in [2.24, 2.45) is 5.73 Å². The van der Waals surface area contributed by atoms with Crippen molar-refractivity contribution in [2.45, 2.75) is 17.7 Å². The highest BCUT2D eigenvalue weighted by molar-refractivity contribution is 7.86. The van der Waals surface area contributed by atoms with E-state index in [1.165, 1.54) is 6.92 Å². The highest BCUT2D eigenvalue weighted by Crippen LogP contribution is 2.45. The molecule has 0 fully saturated rings. The Morgan fingerprint density at radius 3 is 2.26 bits per heavy atom. The number of hydrogen-bond acceptors (Lipinski definition) is 9. The maximum atomic E-state index is 13.1. The number of nitrogens with zero attached hydrogens (tertiary/aromatic N) is 2. The van der Waals surface area contributed by atoms with Crippen LogP contribution in [0.5, 0.6) is 0 Å². The van der Waals surface area contributed by atoms with Crippen LogP contribution in [0.15, 0.2) is 70.0 Å². The van der Waals surface area contributed by atoms with Gasteiger partial charge in [-0.2, -0.15) is 13.7 Å². The molecule has 0 amide bonds. The van der Waals surface area contributed by atoms with Crippen molar-refractivity contribution in [1.29, 1.82) is 5.26 Å². The summed E-state index contributed by atoms with van der Waals surface area (Å²) < 4.78 is 44.3. The van der Waals surface area contributed by atoms with Crippen molar-refractivity contribution < 1.29 is 32.0 Å². The normalized spacial score (nSPS) is 16.1. The van der Waals surface area contributed by atoms with E-state index in [2.05, 4.69) is 0 Å². The summed E-state index contributed by atoms with van der Waals surface area (Å²) in [5, 5.41) is 10.1. The topological polar surface area (TPSA) is 160 Å². The Balaban J connectivity index is 2.55. The lowest BCUT2D eigenvalue weighted by Crippen LogP contribution is -2.41. The summed E-state index contributed by atoms with van der Waals surface area (Å²) in [5.74, 6) is -3.59. The summed E-state index contributed by atoms with van der Waals surface area (Å²) in [6, 6.07) is 12.4. The van der Waals surface area contributed by atoms with Gasteiger partial charge < -0.3 is 15.2 Å². The number of methoxy groups -OCH3 is 2. The van der Waals surface area contributed by atoms with Gasteiger partial charge in [0.2, 0.25) is 0 Å². The minimum atomic E-state index is -4.89. The van der Waals surface area contributed by atoms with E-state index in [1.807, 2.05) is 6.07 Å². The second-order valence-electron chi connectivity index (χ2n) is 7.38.